The highest BCUT2D eigenvalue weighted by atomic mass is 32.1. The van der Waals surface area contributed by atoms with Crippen LogP contribution in [0.2, 0.25) is 0 Å². The van der Waals surface area contributed by atoms with E-state index in [1.54, 1.807) is 6.20 Å². The Bertz CT molecular complexity index is 1270. The number of hydrogen-bond donors (Lipinski definition) is 0. The lowest BCUT2D eigenvalue weighted by molar-refractivity contribution is 0.893. The molecule has 0 atom stereocenters. The number of benzene rings is 2. The molecule has 0 aliphatic heterocycles. The summed E-state index contributed by atoms with van der Waals surface area (Å²) in [5.41, 5.74) is 1.57. The lowest BCUT2D eigenvalue weighted by atomic mass is 10.2. The van der Waals surface area contributed by atoms with Crippen LogP contribution in [0.5, 0.6) is 0 Å². The molecule has 0 spiro atoms. The number of thiophene rings is 1. The van der Waals surface area contributed by atoms with Gasteiger partial charge in [0.05, 0.1) is 11.6 Å². The predicted molar refractivity (Wildman–Crippen MR) is 97.6 cm³/mol. The SMILES string of the molecule is O=c1c2cc(-c3ccccc3)sc2nc2c3ccccc3cnn12. The highest BCUT2D eigenvalue weighted by Crippen LogP contribution is 2.31. The molecule has 0 amide bonds. The molecule has 5 heteroatoms. The van der Waals surface area contributed by atoms with Gasteiger partial charge in [0, 0.05) is 15.6 Å². The minimum atomic E-state index is -0.126. The molecule has 3 heterocycles. The van der Waals surface area contributed by atoms with Crippen LogP contribution >= 0.6 is 11.3 Å². The summed E-state index contributed by atoms with van der Waals surface area (Å²) >= 11 is 1.54. The van der Waals surface area contributed by atoms with E-state index in [2.05, 4.69) is 5.10 Å². The van der Waals surface area contributed by atoms with Gasteiger partial charge in [-0.2, -0.15) is 9.61 Å². The lowest BCUT2D eigenvalue weighted by Crippen LogP contribution is -2.17. The Labute approximate surface area is 140 Å². The standard InChI is InChI=1S/C19H11N3OS/c23-19-15-10-16(12-6-2-1-3-7-12)24-18(15)21-17-14-9-5-4-8-13(14)11-20-22(17)19/h1-11H. The molecule has 0 saturated heterocycles. The Balaban J connectivity index is 1.90. The number of aromatic nitrogens is 3. The van der Waals surface area contributed by atoms with Gasteiger partial charge in [-0.3, -0.25) is 4.79 Å². The zero-order chi connectivity index (χ0) is 16.1. The summed E-state index contributed by atoms with van der Waals surface area (Å²) in [5, 5.41) is 6.80. The van der Waals surface area contributed by atoms with Crippen molar-refractivity contribution < 1.29 is 0 Å². The Hall–Kier alpha value is -3.05. The zero-order valence-electron chi connectivity index (χ0n) is 12.5. The number of fused-ring (bicyclic) bond motifs is 4. The van der Waals surface area contributed by atoms with Crippen molar-refractivity contribution in [3.63, 3.8) is 0 Å². The molecular weight excluding hydrogens is 318 g/mol. The van der Waals surface area contributed by atoms with Crippen molar-refractivity contribution in [1.82, 2.24) is 14.6 Å². The summed E-state index contributed by atoms with van der Waals surface area (Å²) in [4.78, 5) is 19.4. The van der Waals surface area contributed by atoms with Crippen molar-refractivity contribution in [1.29, 1.82) is 0 Å². The maximum absolute atomic E-state index is 12.8. The topological polar surface area (TPSA) is 47.3 Å². The third kappa shape index (κ3) is 1.88. The van der Waals surface area contributed by atoms with Gasteiger partial charge in [0.2, 0.25) is 0 Å². The molecule has 0 N–H and O–H groups in total. The predicted octanol–water partition coefficient (Wildman–Crippen LogP) is 4.12. The first-order chi connectivity index (χ1) is 11.8. The minimum absolute atomic E-state index is 0.126. The highest BCUT2D eigenvalue weighted by Gasteiger charge is 2.13. The molecule has 0 bridgehead atoms. The Morgan fingerprint density at radius 1 is 0.917 bits per heavy atom. The fourth-order valence-corrected chi connectivity index (χ4v) is 3.96. The number of hydrogen-bond acceptors (Lipinski definition) is 4. The maximum atomic E-state index is 12.8. The fourth-order valence-electron chi connectivity index (χ4n) is 2.93. The highest BCUT2D eigenvalue weighted by molar-refractivity contribution is 7.21. The smallest absolute Gasteiger partial charge is 0.267 e. The average molecular weight is 329 g/mol. The van der Waals surface area contributed by atoms with Crippen molar-refractivity contribution in [2.75, 3.05) is 0 Å². The first-order valence-electron chi connectivity index (χ1n) is 7.57. The summed E-state index contributed by atoms with van der Waals surface area (Å²) in [6, 6.07) is 19.8. The van der Waals surface area contributed by atoms with E-state index in [1.807, 2.05) is 60.7 Å². The Morgan fingerprint density at radius 3 is 2.58 bits per heavy atom. The first kappa shape index (κ1) is 13.4. The Kier molecular flexibility index (Phi) is 2.78. The van der Waals surface area contributed by atoms with Crippen LogP contribution in [0.3, 0.4) is 0 Å². The van der Waals surface area contributed by atoms with Gasteiger partial charge < -0.3 is 0 Å². The van der Waals surface area contributed by atoms with Gasteiger partial charge in [0.15, 0.2) is 5.65 Å². The van der Waals surface area contributed by atoms with E-state index in [4.69, 9.17) is 4.98 Å². The molecule has 24 heavy (non-hydrogen) atoms. The Morgan fingerprint density at radius 2 is 1.71 bits per heavy atom. The van der Waals surface area contributed by atoms with E-state index in [0.29, 0.717) is 11.0 Å². The first-order valence-corrected chi connectivity index (χ1v) is 8.39. The van der Waals surface area contributed by atoms with Crippen molar-refractivity contribution in [3.8, 4) is 10.4 Å². The third-order valence-electron chi connectivity index (χ3n) is 4.12. The van der Waals surface area contributed by atoms with E-state index < -0.39 is 0 Å². The van der Waals surface area contributed by atoms with Crippen LogP contribution in [0, 0.1) is 0 Å². The van der Waals surface area contributed by atoms with Crippen LogP contribution < -0.4 is 5.56 Å². The summed E-state index contributed by atoms with van der Waals surface area (Å²) in [6.07, 6.45) is 1.71. The molecule has 0 unspecified atom stereocenters. The summed E-state index contributed by atoms with van der Waals surface area (Å²) in [6.45, 7) is 0. The molecule has 114 valence electrons. The monoisotopic (exact) mass is 329 g/mol. The van der Waals surface area contributed by atoms with E-state index in [-0.39, 0.29) is 5.56 Å². The molecule has 0 aliphatic carbocycles. The van der Waals surface area contributed by atoms with Gasteiger partial charge in [0.1, 0.15) is 4.83 Å². The van der Waals surface area contributed by atoms with E-state index in [0.717, 1.165) is 26.0 Å². The molecule has 5 aromatic rings. The van der Waals surface area contributed by atoms with Crippen LogP contribution in [0.25, 0.3) is 37.1 Å². The van der Waals surface area contributed by atoms with Gasteiger partial charge in [-0.15, -0.1) is 11.3 Å². The molecule has 0 aliphatic rings. The zero-order valence-corrected chi connectivity index (χ0v) is 13.3. The molecule has 4 nitrogen and oxygen atoms in total. The van der Waals surface area contributed by atoms with Crippen LogP contribution in [0.1, 0.15) is 0 Å². The molecule has 0 saturated carbocycles. The van der Waals surface area contributed by atoms with Crippen molar-refractivity contribution in [3.05, 3.63) is 77.2 Å². The van der Waals surface area contributed by atoms with E-state index in [9.17, 15) is 4.79 Å². The van der Waals surface area contributed by atoms with E-state index in [1.165, 1.54) is 15.9 Å². The lowest BCUT2D eigenvalue weighted by Gasteiger charge is -2.03. The van der Waals surface area contributed by atoms with Gasteiger partial charge in [-0.1, -0.05) is 54.6 Å². The van der Waals surface area contributed by atoms with Gasteiger partial charge in [-0.05, 0) is 11.6 Å². The third-order valence-corrected chi connectivity index (χ3v) is 5.19. The maximum Gasteiger partial charge on any atom is 0.283 e. The summed E-state index contributed by atoms with van der Waals surface area (Å²) in [7, 11) is 0. The van der Waals surface area contributed by atoms with Crippen LogP contribution in [-0.4, -0.2) is 14.6 Å². The van der Waals surface area contributed by atoms with Crippen LogP contribution in [0.4, 0.5) is 0 Å². The van der Waals surface area contributed by atoms with E-state index >= 15 is 0 Å². The normalized spacial score (nSPS) is 11.5. The number of nitrogens with zero attached hydrogens (tertiary/aromatic N) is 3. The van der Waals surface area contributed by atoms with Crippen molar-refractivity contribution in [2.24, 2.45) is 0 Å². The second-order valence-electron chi connectivity index (χ2n) is 5.58. The molecule has 0 fully saturated rings. The van der Waals surface area contributed by atoms with Crippen LogP contribution in [-0.2, 0) is 0 Å². The second kappa shape index (κ2) is 4.97. The molecule has 3 aromatic heterocycles. The average Bonchev–Trinajstić information content (AvgIpc) is 3.07. The van der Waals surface area contributed by atoms with Crippen molar-refractivity contribution >= 4 is 38.0 Å². The van der Waals surface area contributed by atoms with Crippen LogP contribution in [0.15, 0.2) is 71.7 Å². The largest absolute Gasteiger partial charge is 0.283 e. The quantitative estimate of drug-likeness (QED) is 0.435. The minimum Gasteiger partial charge on any atom is -0.267 e. The molecule has 5 rings (SSSR count). The molecular formula is C19H11N3OS. The van der Waals surface area contributed by atoms with Gasteiger partial charge in [-0.25, -0.2) is 4.98 Å². The number of rotatable bonds is 1. The van der Waals surface area contributed by atoms with Gasteiger partial charge >= 0.3 is 0 Å². The van der Waals surface area contributed by atoms with Gasteiger partial charge in [0.25, 0.3) is 5.56 Å². The second-order valence-corrected chi connectivity index (χ2v) is 6.61. The molecule has 2 aromatic carbocycles. The fraction of sp³-hybridized carbons (Fsp3) is 0. The summed E-state index contributed by atoms with van der Waals surface area (Å²) < 4.78 is 1.39. The molecule has 0 radical (unpaired) electrons. The summed E-state index contributed by atoms with van der Waals surface area (Å²) in [5.74, 6) is 0. The van der Waals surface area contributed by atoms with Crippen molar-refractivity contribution in [2.45, 2.75) is 0 Å².